The fourth-order valence-electron chi connectivity index (χ4n) is 6.27. The summed E-state index contributed by atoms with van der Waals surface area (Å²) in [5.41, 5.74) is -2.79. The molecule has 0 bridgehead atoms. The number of halogens is 1. The molecule has 3 aromatic rings. The second-order valence-corrected chi connectivity index (χ2v) is 17.4. The number of ether oxygens (including phenoxy) is 2. The van der Waals surface area contributed by atoms with Crippen molar-refractivity contribution in [2.24, 2.45) is 0 Å². The Kier molecular flexibility index (Phi) is 9.39. The minimum absolute atomic E-state index is 0.124. The van der Waals surface area contributed by atoms with E-state index >= 15 is 0 Å². The van der Waals surface area contributed by atoms with Crippen LogP contribution in [0, 0.1) is 0 Å². The molecular weight excluding hydrogens is 717 g/mol. The first kappa shape index (κ1) is 35.5. The third-order valence-electron chi connectivity index (χ3n) is 9.27. The van der Waals surface area contributed by atoms with E-state index < -0.39 is 59.9 Å². The quantitative estimate of drug-likeness (QED) is 0.106. The lowest BCUT2D eigenvalue weighted by molar-refractivity contribution is -0.152. The fraction of sp³-hybridized carbons (Fsp3) is 0.600. The maximum Gasteiger partial charge on any atom is 0.459 e. The summed E-state index contributed by atoms with van der Waals surface area (Å²) in [6.45, 7) is 0.832. The van der Waals surface area contributed by atoms with Gasteiger partial charge in [0, 0.05) is 11.1 Å². The van der Waals surface area contributed by atoms with E-state index in [1.165, 1.54) is 41.3 Å². The normalized spacial score (nSPS) is 27.7. The highest BCUT2D eigenvalue weighted by molar-refractivity contribution is 7.88. The van der Waals surface area contributed by atoms with E-state index in [9.17, 15) is 28.0 Å². The van der Waals surface area contributed by atoms with Crippen molar-refractivity contribution in [2.45, 2.75) is 100 Å². The number of carbonyl (C=O) groups is 1. The van der Waals surface area contributed by atoms with E-state index in [0.29, 0.717) is 17.9 Å². The number of hydrazine groups is 1. The summed E-state index contributed by atoms with van der Waals surface area (Å²) >= 11 is 6.03. The van der Waals surface area contributed by atoms with E-state index in [-0.39, 0.29) is 34.9 Å². The van der Waals surface area contributed by atoms with Crippen molar-refractivity contribution in [3.05, 3.63) is 41.9 Å². The zero-order valence-corrected chi connectivity index (χ0v) is 29.8. The van der Waals surface area contributed by atoms with E-state index in [1.54, 1.807) is 12.1 Å². The van der Waals surface area contributed by atoms with Gasteiger partial charge in [0.15, 0.2) is 23.2 Å². The molecule has 3 heterocycles. The van der Waals surface area contributed by atoms with E-state index in [2.05, 4.69) is 24.9 Å². The highest BCUT2D eigenvalue weighted by Gasteiger charge is 2.58. The summed E-state index contributed by atoms with van der Waals surface area (Å²) in [6, 6.07) is 5.95. The highest BCUT2D eigenvalue weighted by Crippen LogP contribution is 2.53. The summed E-state index contributed by atoms with van der Waals surface area (Å²) in [5.74, 6) is -0.172. The van der Waals surface area contributed by atoms with E-state index in [1.807, 2.05) is 0 Å². The number of anilines is 1. The summed E-state index contributed by atoms with van der Waals surface area (Å²) in [7, 11) is -8.01. The predicted molar refractivity (Wildman–Crippen MR) is 178 cm³/mol. The van der Waals surface area contributed by atoms with Crippen LogP contribution in [0.3, 0.4) is 0 Å². The second kappa shape index (κ2) is 13.2. The van der Waals surface area contributed by atoms with Crippen LogP contribution < -0.4 is 19.5 Å². The average molecular weight is 756 g/mol. The number of benzene rings is 1. The number of fused-ring (bicyclic) bond motifs is 1. The number of nitrogens with one attached hydrogen (secondary N) is 2. The Hall–Kier alpha value is -2.93. The molecule has 0 spiro atoms. The van der Waals surface area contributed by atoms with Crippen molar-refractivity contribution in [3.63, 3.8) is 0 Å². The molecular formula is C30H39ClN7O10PS. The molecule has 1 aromatic carbocycles. The summed E-state index contributed by atoms with van der Waals surface area (Å²) in [4.78, 5) is 28.7. The first-order valence-electron chi connectivity index (χ1n) is 16.4. The average Bonchev–Trinajstić information content (AvgIpc) is 3.94. The Bertz CT molecular complexity index is 1900. The van der Waals surface area contributed by atoms with Gasteiger partial charge in [-0.3, -0.25) is 18.9 Å². The first-order chi connectivity index (χ1) is 23.7. The molecule has 7 rings (SSSR count). The SMILES string of the molecule is C[C@]1(O)C(n2cnc3c(N(NS(C)(=O)=O)C4CC4)ncnc32)OC(COP(=O)(NC2(C(=O)OC3CCCC3)CC2)Oc2ccc(Cl)cc2)[C@H]1O. The van der Waals surface area contributed by atoms with Gasteiger partial charge in [-0.2, -0.15) is 5.09 Å². The van der Waals surface area contributed by atoms with Gasteiger partial charge in [0.1, 0.15) is 41.5 Å². The maximum atomic E-state index is 14.4. The van der Waals surface area contributed by atoms with Crippen LogP contribution in [0.1, 0.15) is 64.5 Å². The Morgan fingerprint density at radius 2 is 1.86 bits per heavy atom. The fourth-order valence-corrected chi connectivity index (χ4v) is 8.74. The molecule has 272 valence electrons. The molecule has 2 aromatic heterocycles. The number of hydrogen-bond donors (Lipinski definition) is 4. The van der Waals surface area contributed by atoms with Gasteiger partial charge < -0.3 is 24.2 Å². The molecule has 50 heavy (non-hydrogen) atoms. The minimum Gasteiger partial charge on any atom is -0.461 e. The van der Waals surface area contributed by atoms with Gasteiger partial charge in [-0.25, -0.2) is 27.9 Å². The number of hydrogen-bond acceptors (Lipinski definition) is 14. The van der Waals surface area contributed by atoms with Crippen LogP contribution in [0.2, 0.25) is 5.02 Å². The number of nitrogens with zero attached hydrogens (tertiary/aromatic N) is 5. The minimum atomic E-state index is -4.36. The van der Waals surface area contributed by atoms with Gasteiger partial charge in [-0.05, 0) is 82.6 Å². The number of imidazole rings is 1. The molecule has 3 aliphatic carbocycles. The number of sulfonamides is 1. The first-order valence-corrected chi connectivity index (χ1v) is 20.2. The van der Waals surface area contributed by atoms with Crippen molar-refractivity contribution in [1.82, 2.24) is 29.4 Å². The molecule has 20 heteroatoms. The molecule has 0 radical (unpaired) electrons. The standard InChI is InChI=1S/C30H39ClN7O10PS/c1-29(41)24(39)22(47-27(29)37-17-34-23-25(37)32-16-33-26(23)38(19-9-10-19)36-50(2,43)44)15-45-49(42,48-21-11-7-18(31)8-12-21)35-30(13-14-30)28(40)46-20-5-3-4-6-20/h7-8,11-12,16-17,19-20,22,24,27,36,39,41H,3-6,9-10,13-15H2,1-2H3,(H,35,42)/t22?,24-,27?,29-,49?/m1/s1. The van der Waals surface area contributed by atoms with Crippen molar-refractivity contribution in [2.75, 3.05) is 17.9 Å². The lowest BCUT2D eigenvalue weighted by Gasteiger charge is -2.28. The predicted octanol–water partition coefficient (Wildman–Crippen LogP) is 2.73. The van der Waals surface area contributed by atoms with Gasteiger partial charge in [0.05, 0.1) is 19.2 Å². The molecule has 1 aliphatic heterocycles. The van der Waals surface area contributed by atoms with Crippen LogP contribution in [0.15, 0.2) is 36.9 Å². The maximum absolute atomic E-state index is 14.4. The van der Waals surface area contributed by atoms with Crippen LogP contribution in [-0.2, 0) is 33.4 Å². The van der Waals surface area contributed by atoms with Crippen LogP contribution in [0.25, 0.3) is 11.2 Å². The Morgan fingerprint density at radius 3 is 2.50 bits per heavy atom. The molecule has 4 N–H and O–H groups in total. The van der Waals surface area contributed by atoms with Crippen LogP contribution in [0.4, 0.5) is 5.82 Å². The number of aromatic nitrogens is 4. The van der Waals surface area contributed by atoms with Gasteiger partial charge in [0.25, 0.3) is 0 Å². The van der Waals surface area contributed by atoms with Crippen molar-refractivity contribution in [1.29, 1.82) is 0 Å². The highest BCUT2D eigenvalue weighted by atomic mass is 35.5. The molecule has 3 unspecified atom stereocenters. The third-order valence-corrected chi connectivity index (χ3v) is 11.7. The summed E-state index contributed by atoms with van der Waals surface area (Å²) in [6.07, 6.45) is 5.00. The zero-order chi connectivity index (χ0) is 35.5. The van der Waals surface area contributed by atoms with Crippen molar-refractivity contribution < 1.29 is 46.5 Å². The second-order valence-electron chi connectivity index (χ2n) is 13.5. The van der Waals surface area contributed by atoms with Crippen LogP contribution >= 0.6 is 19.3 Å². The Labute approximate surface area is 293 Å². The lowest BCUT2D eigenvalue weighted by atomic mass is 9.96. The van der Waals surface area contributed by atoms with Crippen molar-refractivity contribution >= 4 is 52.3 Å². The molecule has 4 aliphatic rings. The van der Waals surface area contributed by atoms with Gasteiger partial charge in [-0.15, -0.1) is 4.83 Å². The summed E-state index contributed by atoms with van der Waals surface area (Å²) < 4.78 is 63.5. The van der Waals surface area contributed by atoms with Gasteiger partial charge >= 0.3 is 13.7 Å². The van der Waals surface area contributed by atoms with Gasteiger partial charge in [-0.1, -0.05) is 11.6 Å². The summed E-state index contributed by atoms with van der Waals surface area (Å²) in [5, 5.41) is 27.5. The number of carbonyl (C=O) groups excluding carboxylic acids is 1. The zero-order valence-electron chi connectivity index (χ0n) is 27.3. The molecule has 5 atom stereocenters. The molecule has 4 fully saturated rings. The number of aliphatic hydroxyl groups excluding tert-OH is 1. The van der Waals surface area contributed by atoms with Crippen molar-refractivity contribution in [3.8, 4) is 5.75 Å². The number of aliphatic hydroxyl groups is 2. The monoisotopic (exact) mass is 755 g/mol. The largest absolute Gasteiger partial charge is 0.461 e. The number of rotatable bonds is 14. The lowest BCUT2D eigenvalue weighted by Crippen LogP contribution is -2.45. The molecule has 3 saturated carbocycles. The Balaban J connectivity index is 1.11. The van der Waals surface area contributed by atoms with E-state index in [0.717, 1.165) is 44.8 Å². The molecule has 17 nitrogen and oxygen atoms in total. The topological polar surface area (TPSA) is 217 Å². The van der Waals surface area contributed by atoms with Crippen LogP contribution in [-0.4, -0.2) is 92.5 Å². The smallest absolute Gasteiger partial charge is 0.459 e. The molecule has 0 amide bonds. The van der Waals surface area contributed by atoms with Gasteiger partial charge in [0.2, 0.25) is 10.0 Å². The van der Waals surface area contributed by atoms with E-state index in [4.69, 9.17) is 30.1 Å². The molecule has 1 saturated heterocycles. The number of esters is 1. The third kappa shape index (κ3) is 7.36. The van der Waals surface area contributed by atoms with Crippen LogP contribution in [0.5, 0.6) is 5.75 Å². The Morgan fingerprint density at radius 1 is 1.16 bits per heavy atom.